The Hall–Kier alpha value is -1.27. The Balaban J connectivity index is 2.44. The van der Waals surface area contributed by atoms with Gasteiger partial charge in [0.25, 0.3) is 0 Å². The van der Waals surface area contributed by atoms with Gasteiger partial charge in [0.05, 0.1) is 6.54 Å². The van der Waals surface area contributed by atoms with Crippen molar-refractivity contribution in [3.05, 3.63) is 21.9 Å². The minimum Gasteiger partial charge on any atom is -0.345 e. The van der Waals surface area contributed by atoms with Crippen LogP contribution in [0.15, 0.2) is 11.4 Å². The van der Waals surface area contributed by atoms with Crippen molar-refractivity contribution in [2.75, 3.05) is 6.54 Å². The number of hydrogen-bond acceptors (Lipinski definition) is 2. The molecular formula is C10H11NOS. The zero-order valence-corrected chi connectivity index (χ0v) is 8.49. The first-order valence-electron chi connectivity index (χ1n) is 3.97. The van der Waals surface area contributed by atoms with Crippen LogP contribution in [0.25, 0.3) is 0 Å². The van der Waals surface area contributed by atoms with Crippen LogP contribution < -0.4 is 5.32 Å². The number of amides is 1. The lowest BCUT2D eigenvalue weighted by molar-refractivity contribution is -0.118. The molecule has 1 aromatic heterocycles. The molecule has 0 aliphatic carbocycles. The van der Waals surface area contributed by atoms with Gasteiger partial charge in [0.1, 0.15) is 0 Å². The van der Waals surface area contributed by atoms with Gasteiger partial charge in [-0.05, 0) is 13.0 Å². The molecule has 1 aromatic rings. The van der Waals surface area contributed by atoms with Gasteiger partial charge < -0.3 is 5.32 Å². The fourth-order valence-corrected chi connectivity index (χ4v) is 1.46. The van der Waals surface area contributed by atoms with Gasteiger partial charge in [0, 0.05) is 22.7 Å². The van der Waals surface area contributed by atoms with Crippen molar-refractivity contribution in [2.45, 2.75) is 13.8 Å². The van der Waals surface area contributed by atoms with E-state index >= 15 is 0 Å². The number of carbonyl (C=O) groups is 1. The molecule has 1 rings (SSSR count). The highest BCUT2D eigenvalue weighted by atomic mass is 32.1. The Labute approximate surface area is 82.0 Å². The minimum atomic E-state index is -0.0456. The first kappa shape index (κ1) is 9.82. The number of carbonyl (C=O) groups excluding carboxylic acids is 1. The summed E-state index contributed by atoms with van der Waals surface area (Å²) in [7, 11) is 0. The van der Waals surface area contributed by atoms with E-state index in [0.717, 1.165) is 5.56 Å². The number of rotatable bonds is 1. The first-order valence-corrected chi connectivity index (χ1v) is 4.85. The number of nitrogens with one attached hydrogen (secondary N) is 1. The van der Waals surface area contributed by atoms with Crippen molar-refractivity contribution in [2.24, 2.45) is 0 Å². The number of thiophene rings is 1. The molecule has 0 bridgehead atoms. The molecule has 1 N–H and O–H groups in total. The molecule has 0 aliphatic heterocycles. The van der Waals surface area contributed by atoms with Gasteiger partial charge in [-0.25, -0.2) is 0 Å². The van der Waals surface area contributed by atoms with Crippen molar-refractivity contribution in [1.29, 1.82) is 0 Å². The van der Waals surface area contributed by atoms with E-state index in [2.05, 4.69) is 17.2 Å². The highest BCUT2D eigenvalue weighted by Gasteiger charge is 1.89. The molecule has 0 atom stereocenters. The van der Waals surface area contributed by atoms with Gasteiger partial charge in [-0.3, -0.25) is 4.79 Å². The Bertz CT molecular complexity index is 356. The van der Waals surface area contributed by atoms with Gasteiger partial charge >= 0.3 is 0 Å². The van der Waals surface area contributed by atoms with Crippen LogP contribution in [0.4, 0.5) is 0 Å². The summed E-state index contributed by atoms with van der Waals surface area (Å²) in [6.07, 6.45) is 0. The Kier molecular flexibility index (Phi) is 3.53. The van der Waals surface area contributed by atoms with Crippen LogP contribution in [-0.2, 0) is 4.79 Å². The topological polar surface area (TPSA) is 29.1 Å². The second kappa shape index (κ2) is 4.68. The van der Waals surface area contributed by atoms with Crippen LogP contribution in [0.2, 0.25) is 0 Å². The quantitative estimate of drug-likeness (QED) is 0.673. The smallest absolute Gasteiger partial charge is 0.217 e. The molecule has 3 heteroatoms. The van der Waals surface area contributed by atoms with Crippen molar-refractivity contribution in [1.82, 2.24) is 5.32 Å². The molecule has 2 nitrogen and oxygen atoms in total. The molecule has 0 aromatic carbocycles. The second-order valence-corrected chi connectivity index (χ2v) is 3.77. The molecule has 13 heavy (non-hydrogen) atoms. The average Bonchev–Trinajstić information content (AvgIpc) is 2.45. The van der Waals surface area contributed by atoms with E-state index in [-0.39, 0.29) is 5.91 Å². The summed E-state index contributed by atoms with van der Waals surface area (Å²) in [5.41, 5.74) is 1.02. The fraction of sp³-hybridized carbons (Fsp3) is 0.300. The second-order valence-electron chi connectivity index (χ2n) is 2.66. The van der Waals surface area contributed by atoms with Crippen LogP contribution in [0.3, 0.4) is 0 Å². The van der Waals surface area contributed by atoms with Gasteiger partial charge in [0.15, 0.2) is 0 Å². The lowest BCUT2D eigenvalue weighted by Gasteiger charge is -1.90. The molecular weight excluding hydrogens is 182 g/mol. The van der Waals surface area contributed by atoms with E-state index in [1.807, 2.05) is 18.4 Å². The molecule has 0 unspecified atom stereocenters. The van der Waals surface area contributed by atoms with Crippen LogP contribution >= 0.6 is 11.3 Å². The van der Waals surface area contributed by atoms with Crippen molar-refractivity contribution in [3.8, 4) is 11.8 Å². The normalized spacial score (nSPS) is 8.77. The van der Waals surface area contributed by atoms with Gasteiger partial charge in [-0.2, -0.15) is 0 Å². The summed E-state index contributed by atoms with van der Waals surface area (Å²) in [4.78, 5) is 11.7. The van der Waals surface area contributed by atoms with Crippen LogP contribution in [0.5, 0.6) is 0 Å². The average molecular weight is 193 g/mol. The van der Waals surface area contributed by atoms with Gasteiger partial charge in [-0.15, -0.1) is 11.3 Å². The van der Waals surface area contributed by atoms with E-state index < -0.39 is 0 Å². The zero-order chi connectivity index (χ0) is 9.68. The molecule has 0 saturated carbocycles. The van der Waals surface area contributed by atoms with Gasteiger partial charge in [-0.1, -0.05) is 11.8 Å². The molecule has 1 amide bonds. The van der Waals surface area contributed by atoms with Crippen molar-refractivity contribution in [3.63, 3.8) is 0 Å². The molecule has 0 saturated heterocycles. The Morgan fingerprint density at radius 1 is 1.69 bits per heavy atom. The summed E-state index contributed by atoms with van der Waals surface area (Å²) in [5.74, 6) is 5.79. The van der Waals surface area contributed by atoms with E-state index in [0.29, 0.717) is 6.54 Å². The predicted octanol–water partition coefficient (Wildman–Crippen LogP) is 1.54. The van der Waals surface area contributed by atoms with E-state index in [1.165, 1.54) is 11.8 Å². The third kappa shape index (κ3) is 3.77. The van der Waals surface area contributed by atoms with Crippen molar-refractivity contribution >= 4 is 17.2 Å². The monoisotopic (exact) mass is 193 g/mol. The number of aryl methyl sites for hydroxylation is 1. The molecule has 68 valence electrons. The highest BCUT2D eigenvalue weighted by Crippen LogP contribution is 2.11. The summed E-state index contributed by atoms with van der Waals surface area (Å²) in [5, 5.41) is 4.62. The lowest BCUT2D eigenvalue weighted by atomic mass is 10.3. The van der Waals surface area contributed by atoms with Crippen molar-refractivity contribution < 1.29 is 4.79 Å². The zero-order valence-electron chi connectivity index (χ0n) is 7.68. The molecule has 0 aliphatic rings. The summed E-state index contributed by atoms with van der Waals surface area (Å²) in [6.45, 7) is 3.95. The maximum Gasteiger partial charge on any atom is 0.217 e. The molecule has 1 heterocycles. The predicted molar refractivity (Wildman–Crippen MR) is 54.6 cm³/mol. The number of hydrogen-bond donors (Lipinski definition) is 1. The molecule has 0 fully saturated rings. The third-order valence-corrected chi connectivity index (χ3v) is 2.25. The molecule has 0 spiro atoms. The standard InChI is InChI=1S/C10H11NOS/c1-8-6-10(7-13-8)4-3-5-11-9(2)12/h6-7H,5H2,1-2H3,(H,11,12). The summed E-state index contributed by atoms with van der Waals surface area (Å²) in [6, 6.07) is 2.03. The van der Waals surface area contributed by atoms with E-state index in [4.69, 9.17) is 0 Å². The third-order valence-electron chi connectivity index (χ3n) is 1.39. The summed E-state index contributed by atoms with van der Waals surface area (Å²) >= 11 is 1.68. The molecule has 0 radical (unpaired) electrons. The maximum absolute atomic E-state index is 10.5. The minimum absolute atomic E-state index is 0.0456. The lowest BCUT2D eigenvalue weighted by Crippen LogP contribution is -2.19. The SMILES string of the molecule is CC(=O)NCC#Cc1csc(C)c1. The van der Waals surface area contributed by atoms with E-state index in [1.54, 1.807) is 11.3 Å². The maximum atomic E-state index is 10.5. The van der Waals surface area contributed by atoms with E-state index in [9.17, 15) is 4.79 Å². The van der Waals surface area contributed by atoms with Crippen LogP contribution in [0, 0.1) is 18.8 Å². The first-order chi connectivity index (χ1) is 6.18. The van der Waals surface area contributed by atoms with Crippen LogP contribution in [0.1, 0.15) is 17.4 Å². The largest absolute Gasteiger partial charge is 0.345 e. The fourth-order valence-electron chi connectivity index (χ4n) is 0.824. The Morgan fingerprint density at radius 2 is 2.46 bits per heavy atom. The summed E-state index contributed by atoms with van der Waals surface area (Å²) < 4.78 is 0. The highest BCUT2D eigenvalue weighted by molar-refractivity contribution is 7.10. The van der Waals surface area contributed by atoms with Crippen LogP contribution in [-0.4, -0.2) is 12.5 Å². The van der Waals surface area contributed by atoms with Gasteiger partial charge in [0.2, 0.25) is 5.91 Å². The Morgan fingerprint density at radius 3 is 3.00 bits per heavy atom.